The molecule has 27 heavy (non-hydrogen) atoms. The molecular weight excluding hydrogens is 332 g/mol. The molecular formula is C24H20N2O. The predicted molar refractivity (Wildman–Crippen MR) is 110 cm³/mol. The minimum atomic E-state index is 0.553. The van der Waals surface area contributed by atoms with Crippen molar-refractivity contribution in [2.75, 3.05) is 0 Å². The second-order valence-corrected chi connectivity index (χ2v) is 6.36. The van der Waals surface area contributed by atoms with Crippen molar-refractivity contribution in [1.82, 2.24) is 9.97 Å². The van der Waals surface area contributed by atoms with Gasteiger partial charge >= 0.3 is 0 Å². The van der Waals surface area contributed by atoms with Gasteiger partial charge in [0.2, 0.25) is 5.88 Å². The first kappa shape index (κ1) is 17.0. The molecule has 0 spiro atoms. The fraction of sp³-hybridized carbons (Fsp3) is 0.0833. The van der Waals surface area contributed by atoms with Crippen molar-refractivity contribution in [3.8, 4) is 17.3 Å². The van der Waals surface area contributed by atoms with Gasteiger partial charge in [-0.3, -0.25) is 0 Å². The van der Waals surface area contributed by atoms with E-state index in [0.717, 1.165) is 29.3 Å². The van der Waals surface area contributed by atoms with Gasteiger partial charge in [0.15, 0.2) is 5.82 Å². The van der Waals surface area contributed by atoms with Gasteiger partial charge in [0, 0.05) is 12.0 Å². The molecule has 0 aliphatic carbocycles. The Bertz CT molecular complexity index is 1060. The lowest BCUT2D eigenvalue weighted by Gasteiger charge is -2.12. The third-order valence-electron chi connectivity index (χ3n) is 4.38. The van der Waals surface area contributed by atoms with Crippen molar-refractivity contribution < 1.29 is 4.74 Å². The van der Waals surface area contributed by atoms with E-state index in [9.17, 15) is 0 Å². The number of hydrogen-bond donors (Lipinski definition) is 0. The molecule has 3 nitrogen and oxygen atoms in total. The number of aryl methyl sites for hydroxylation is 1. The summed E-state index contributed by atoms with van der Waals surface area (Å²) >= 11 is 0. The molecule has 0 saturated carbocycles. The van der Waals surface area contributed by atoms with Gasteiger partial charge in [0.25, 0.3) is 0 Å². The number of para-hydroxylation sites is 1. The molecule has 0 N–H and O–H groups in total. The van der Waals surface area contributed by atoms with Gasteiger partial charge in [-0.05, 0) is 24.1 Å². The molecule has 0 unspecified atom stereocenters. The standard InChI is InChI=1S/C24H20N2O/c1-18(16-17-19-10-4-2-5-11-19)27-24-21-14-8-9-15-22(21)25-23(26-24)20-12-6-3-7-13-20/h2-15H,1,16-17H2. The topological polar surface area (TPSA) is 35.0 Å². The van der Waals surface area contributed by atoms with E-state index in [1.165, 1.54) is 5.56 Å². The predicted octanol–water partition coefficient (Wildman–Crippen LogP) is 5.82. The van der Waals surface area contributed by atoms with E-state index in [0.29, 0.717) is 17.5 Å². The molecule has 1 aromatic heterocycles. The number of aromatic nitrogens is 2. The van der Waals surface area contributed by atoms with Gasteiger partial charge in [-0.2, -0.15) is 4.98 Å². The fourth-order valence-corrected chi connectivity index (χ4v) is 2.96. The summed E-state index contributed by atoms with van der Waals surface area (Å²) in [4.78, 5) is 9.36. The highest BCUT2D eigenvalue weighted by atomic mass is 16.5. The zero-order valence-electron chi connectivity index (χ0n) is 15.0. The first-order chi connectivity index (χ1) is 13.3. The lowest BCUT2D eigenvalue weighted by atomic mass is 10.1. The minimum Gasteiger partial charge on any atom is -0.443 e. The minimum absolute atomic E-state index is 0.553. The molecule has 0 saturated heterocycles. The van der Waals surface area contributed by atoms with Crippen LogP contribution in [0.5, 0.6) is 5.88 Å². The third-order valence-corrected chi connectivity index (χ3v) is 4.38. The van der Waals surface area contributed by atoms with E-state index in [1.807, 2.05) is 72.8 Å². The molecule has 3 aromatic carbocycles. The van der Waals surface area contributed by atoms with Gasteiger partial charge in [-0.25, -0.2) is 4.98 Å². The van der Waals surface area contributed by atoms with E-state index in [2.05, 4.69) is 28.7 Å². The molecule has 4 rings (SSSR count). The normalized spacial score (nSPS) is 10.7. The van der Waals surface area contributed by atoms with Gasteiger partial charge < -0.3 is 4.74 Å². The summed E-state index contributed by atoms with van der Waals surface area (Å²) in [5.74, 6) is 1.90. The summed E-state index contributed by atoms with van der Waals surface area (Å²) in [6.45, 7) is 4.09. The van der Waals surface area contributed by atoms with Crippen LogP contribution in [0.1, 0.15) is 12.0 Å². The van der Waals surface area contributed by atoms with Crippen LogP contribution in [0.15, 0.2) is 97.3 Å². The Kier molecular flexibility index (Phi) is 4.93. The van der Waals surface area contributed by atoms with Crippen LogP contribution in [0.3, 0.4) is 0 Å². The second-order valence-electron chi connectivity index (χ2n) is 6.36. The van der Waals surface area contributed by atoms with Crippen LogP contribution in [-0.4, -0.2) is 9.97 Å². The molecule has 0 fully saturated rings. The third kappa shape index (κ3) is 4.04. The van der Waals surface area contributed by atoms with Crippen molar-refractivity contribution >= 4 is 10.9 Å². The van der Waals surface area contributed by atoms with Gasteiger partial charge in [0.1, 0.15) is 0 Å². The summed E-state index contributed by atoms with van der Waals surface area (Å²) in [6, 6.07) is 28.2. The summed E-state index contributed by atoms with van der Waals surface area (Å²) in [6.07, 6.45) is 1.62. The maximum Gasteiger partial charge on any atom is 0.230 e. The summed E-state index contributed by atoms with van der Waals surface area (Å²) in [5.41, 5.74) is 3.08. The first-order valence-electron chi connectivity index (χ1n) is 9.01. The molecule has 0 atom stereocenters. The van der Waals surface area contributed by atoms with Crippen LogP contribution >= 0.6 is 0 Å². The molecule has 0 aliphatic rings. The van der Waals surface area contributed by atoms with Crippen LogP contribution < -0.4 is 4.74 Å². The Morgan fingerprint density at radius 3 is 2.22 bits per heavy atom. The van der Waals surface area contributed by atoms with Crippen molar-refractivity contribution in [3.63, 3.8) is 0 Å². The van der Waals surface area contributed by atoms with E-state index in [1.54, 1.807) is 0 Å². The molecule has 1 heterocycles. The van der Waals surface area contributed by atoms with Crippen LogP contribution in [0, 0.1) is 0 Å². The van der Waals surface area contributed by atoms with Crippen LogP contribution in [0.4, 0.5) is 0 Å². The molecule has 0 radical (unpaired) electrons. The van der Waals surface area contributed by atoms with Crippen molar-refractivity contribution in [1.29, 1.82) is 0 Å². The fourth-order valence-electron chi connectivity index (χ4n) is 2.96. The summed E-state index contributed by atoms with van der Waals surface area (Å²) in [5, 5.41) is 0.887. The lowest BCUT2D eigenvalue weighted by Crippen LogP contribution is -2.01. The SMILES string of the molecule is C=C(CCc1ccccc1)Oc1nc(-c2ccccc2)nc2ccccc12. The van der Waals surface area contributed by atoms with Crippen LogP contribution in [-0.2, 0) is 6.42 Å². The number of nitrogens with zero attached hydrogens (tertiary/aromatic N) is 2. The maximum absolute atomic E-state index is 6.07. The van der Waals surface area contributed by atoms with Crippen LogP contribution in [0.25, 0.3) is 22.3 Å². The first-order valence-corrected chi connectivity index (χ1v) is 9.01. The maximum atomic E-state index is 6.07. The highest BCUT2D eigenvalue weighted by Gasteiger charge is 2.11. The Morgan fingerprint density at radius 1 is 0.778 bits per heavy atom. The molecule has 0 bridgehead atoms. The quantitative estimate of drug-likeness (QED) is 0.410. The van der Waals surface area contributed by atoms with Gasteiger partial charge in [-0.15, -0.1) is 0 Å². The zero-order valence-corrected chi connectivity index (χ0v) is 15.0. The Hall–Kier alpha value is -3.46. The highest BCUT2D eigenvalue weighted by molar-refractivity contribution is 5.85. The monoisotopic (exact) mass is 352 g/mol. The summed E-state index contributed by atoms with van der Waals surface area (Å²) in [7, 11) is 0. The number of rotatable bonds is 6. The number of ether oxygens (including phenoxy) is 1. The Labute approximate surface area is 159 Å². The average Bonchev–Trinajstić information content (AvgIpc) is 2.73. The molecule has 0 aliphatic heterocycles. The zero-order chi connectivity index (χ0) is 18.5. The van der Waals surface area contributed by atoms with Gasteiger partial charge in [-0.1, -0.05) is 79.4 Å². The number of hydrogen-bond acceptors (Lipinski definition) is 3. The molecule has 0 amide bonds. The number of allylic oxidation sites excluding steroid dienone is 1. The van der Waals surface area contributed by atoms with Crippen molar-refractivity contribution in [2.24, 2.45) is 0 Å². The lowest BCUT2D eigenvalue weighted by molar-refractivity contribution is 0.396. The molecule has 132 valence electrons. The second kappa shape index (κ2) is 7.83. The van der Waals surface area contributed by atoms with Crippen molar-refractivity contribution in [3.05, 3.63) is 103 Å². The Balaban J connectivity index is 1.61. The highest BCUT2D eigenvalue weighted by Crippen LogP contribution is 2.28. The van der Waals surface area contributed by atoms with E-state index in [-0.39, 0.29) is 0 Å². The van der Waals surface area contributed by atoms with E-state index < -0.39 is 0 Å². The van der Waals surface area contributed by atoms with Crippen molar-refractivity contribution in [2.45, 2.75) is 12.8 Å². The van der Waals surface area contributed by atoms with E-state index >= 15 is 0 Å². The van der Waals surface area contributed by atoms with Gasteiger partial charge in [0.05, 0.1) is 16.7 Å². The Morgan fingerprint density at radius 2 is 1.44 bits per heavy atom. The number of benzene rings is 3. The molecule has 4 aromatic rings. The number of fused-ring (bicyclic) bond motifs is 1. The van der Waals surface area contributed by atoms with Crippen LogP contribution in [0.2, 0.25) is 0 Å². The smallest absolute Gasteiger partial charge is 0.230 e. The van der Waals surface area contributed by atoms with E-state index in [4.69, 9.17) is 4.74 Å². The average molecular weight is 352 g/mol. The molecule has 3 heteroatoms. The largest absolute Gasteiger partial charge is 0.443 e. The summed E-state index contributed by atoms with van der Waals surface area (Å²) < 4.78 is 6.07.